The summed E-state index contributed by atoms with van der Waals surface area (Å²) < 4.78 is 6.43. The number of nitrogens with one attached hydrogen (secondary N) is 1. The van der Waals surface area contributed by atoms with Crippen molar-refractivity contribution in [3.8, 4) is 0 Å². The van der Waals surface area contributed by atoms with Crippen LogP contribution in [0.5, 0.6) is 0 Å². The Balaban J connectivity index is 2.06. The number of piperidine rings is 1. The molecule has 6 nitrogen and oxygen atoms in total. The highest BCUT2D eigenvalue weighted by molar-refractivity contribution is 6.01. The molecule has 1 aliphatic rings. The summed E-state index contributed by atoms with van der Waals surface area (Å²) in [4.78, 5) is 34.3. The molecule has 1 fully saturated rings. The zero-order valence-corrected chi connectivity index (χ0v) is 10.3. The zero-order chi connectivity index (χ0) is 13.6. The lowest BCUT2D eigenvalue weighted by molar-refractivity contribution is -0.134. The molecule has 0 aliphatic carbocycles. The van der Waals surface area contributed by atoms with Gasteiger partial charge < -0.3 is 4.42 Å². The molecular weight excluding hydrogens is 248 g/mol. The molecule has 1 aromatic heterocycles. The fourth-order valence-corrected chi connectivity index (χ4v) is 2.37. The third kappa shape index (κ3) is 1.85. The number of hydrogen-bond donors (Lipinski definition) is 1. The highest BCUT2D eigenvalue weighted by Crippen LogP contribution is 2.27. The number of nitrogens with zero attached hydrogens (tertiary/aromatic N) is 1. The molecule has 3 rings (SSSR count). The highest BCUT2D eigenvalue weighted by Gasteiger charge is 2.28. The predicted octanol–water partition coefficient (Wildman–Crippen LogP) is 0.652. The second-order valence-corrected chi connectivity index (χ2v) is 4.66. The number of benzene rings is 1. The Morgan fingerprint density at radius 2 is 2.11 bits per heavy atom. The van der Waals surface area contributed by atoms with E-state index in [9.17, 15) is 14.4 Å². The molecule has 1 N–H and O–H groups in total. The molecular formula is C13H12N2O4. The summed E-state index contributed by atoms with van der Waals surface area (Å²) in [7, 11) is 1.61. The number of imide groups is 1. The Labute approximate surface area is 108 Å². The molecule has 2 heterocycles. The Bertz CT molecular complexity index is 741. The Kier molecular flexibility index (Phi) is 2.51. The molecule has 1 unspecified atom stereocenters. The predicted molar refractivity (Wildman–Crippen MR) is 66.6 cm³/mol. The monoisotopic (exact) mass is 260 g/mol. The van der Waals surface area contributed by atoms with Gasteiger partial charge in [0, 0.05) is 13.5 Å². The van der Waals surface area contributed by atoms with Crippen LogP contribution in [0, 0.1) is 0 Å². The van der Waals surface area contributed by atoms with Crippen LogP contribution >= 0.6 is 0 Å². The van der Waals surface area contributed by atoms with Gasteiger partial charge >= 0.3 is 5.76 Å². The SMILES string of the molecule is Cn1c(=O)oc2ccc(C3CCC(=O)NC3=O)cc21. The quantitative estimate of drug-likeness (QED) is 0.763. The zero-order valence-electron chi connectivity index (χ0n) is 10.3. The van der Waals surface area contributed by atoms with Gasteiger partial charge in [-0.25, -0.2) is 4.79 Å². The largest absolute Gasteiger partial charge is 0.419 e. The second-order valence-electron chi connectivity index (χ2n) is 4.66. The maximum absolute atomic E-state index is 11.8. The Morgan fingerprint density at radius 3 is 2.84 bits per heavy atom. The highest BCUT2D eigenvalue weighted by atomic mass is 16.4. The van der Waals surface area contributed by atoms with E-state index in [2.05, 4.69) is 5.32 Å². The van der Waals surface area contributed by atoms with Crippen molar-refractivity contribution in [1.82, 2.24) is 9.88 Å². The van der Waals surface area contributed by atoms with Gasteiger partial charge in [0.2, 0.25) is 11.8 Å². The lowest BCUT2D eigenvalue weighted by atomic mass is 9.90. The molecule has 1 aliphatic heterocycles. The number of carbonyl (C=O) groups is 2. The standard InChI is InChI=1S/C13H12N2O4/c1-15-9-6-7(2-4-10(9)19-13(15)18)8-3-5-11(16)14-12(8)17/h2,4,6,8H,3,5H2,1H3,(H,14,16,17). The number of rotatable bonds is 1. The number of aryl methyl sites for hydroxylation is 1. The van der Waals surface area contributed by atoms with Gasteiger partial charge in [0.05, 0.1) is 11.4 Å². The van der Waals surface area contributed by atoms with Crippen molar-refractivity contribution in [2.45, 2.75) is 18.8 Å². The summed E-state index contributed by atoms with van der Waals surface area (Å²) in [6, 6.07) is 5.20. The van der Waals surface area contributed by atoms with Crippen LogP contribution in [0.1, 0.15) is 24.3 Å². The molecule has 0 bridgehead atoms. The average molecular weight is 260 g/mol. The number of carbonyl (C=O) groups excluding carboxylic acids is 2. The van der Waals surface area contributed by atoms with Crippen molar-refractivity contribution in [3.05, 3.63) is 34.3 Å². The van der Waals surface area contributed by atoms with E-state index >= 15 is 0 Å². The first-order chi connectivity index (χ1) is 9.06. The van der Waals surface area contributed by atoms with Crippen LogP contribution in [0.2, 0.25) is 0 Å². The molecule has 19 heavy (non-hydrogen) atoms. The minimum atomic E-state index is -0.435. The first-order valence-electron chi connectivity index (χ1n) is 5.99. The molecule has 1 aromatic carbocycles. The summed E-state index contributed by atoms with van der Waals surface area (Å²) >= 11 is 0. The van der Waals surface area contributed by atoms with E-state index in [-0.39, 0.29) is 17.7 Å². The minimum absolute atomic E-state index is 0.238. The van der Waals surface area contributed by atoms with E-state index in [4.69, 9.17) is 4.42 Å². The van der Waals surface area contributed by atoms with Gasteiger partial charge in [-0.2, -0.15) is 0 Å². The molecule has 2 amide bonds. The maximum Gasteiger partial charge on any atom is 0.419 e. The topological polar surface area (TPSA) is 81.3 Å². The van der Waals surface area contributed by atoms with Gasteiger partial charge in [0.15, 0.2) is 5.58 Å². The van der Waals surface area contributed by atoms with Crippen LogP contribution in [-0.2, 0) is 16.6 Å². The van der Waals surface area contributed by atoms with Crippen LogP contribution in [0.15, 0.2) is 27.4 Å². The molecule has 2 aromatic rings. The van der Waals surface area contributed by atoms with Crippen molar-refractivity contribution in [3.63, 3.8) is 0 Å². The second kappa shape index (κ2) is 4.08. The van der Waals surface area contributed by atoms with E-state index in [1.165, 1.54) is 4.57 Å². The summed E-state index contributed by atoms with van der Waals surface area (Å²) in [5, 5.41) is 2.33. The van der Waals surface area contributed by atoms with E-state index in [0.29, 0.717) is 23.9 Å². The van der Waals surface area contributed by atoms with Crippen molar-refractivity contribution < 1.29 is 14.0 Å². The van der Waals surface area contributed by atoms with Gasteiger partial charge in [-0.05, 0) is 24.1 Å². The first-order valence-corrected chi connectivity index (χ1v) is 5.99. The lowest BCUT2D eigenvalue weighted by Crippen LogP contribution is -2.39. The van der Waals surface area contributed by atoms with Crippen LogP contribution in [0.4, 0.5) is 0 Å². The average Bonchev–Trinajstić information content (AvgIpc) is 2.65. The molecule has 6 heteroatoms. The normalized spacial score (nSPS) is 19.7. The number of aromatic nitrogens is 1. The van der Waals surface area contributed by atoms with Crippen LogP contribution in [-0.4, -0.2) is 16.4 Å². The van der Waals surface area contributed by atoms with Gasteiger partial charge in [-0.1, -0.05) is 6.07 Å². The van der Waals surface area contributed by atoms with Gasteiger partial charge in [-0.15, -0.1) is 0 Å². The van der Waals surface area contributed by atoms with Crippen LogP contribution in [0.25, 0.3) is 11.1 Å². The minimum Gasteiger partial charge on any atom is -0.408 e. The molecule has 1 saturated heterocycles. The van der Waals surface area contributed by atoms with E-state index < -0.39 is 5.76 Å². The molecule has 0 saturated carbocycles. The fourth-order valence-electron chi connectivity index (χ4n) is 2.37. The first kappa shape index (κ1) is 11.7. The molecule has 0 spiro atoms. The van der Waals surface area contributed by atoms with Crippen LogP contribution in [0.3, 0.4) is 0 Å². The van der Waals surface area contributed by atoms with Crippen molar-refractivity contribution in [1.29, 1.82) is 0 Å². The van der Waals surface area contributed by atoms with Gasteiger partial charge in [0.25, 0.3) is 0 Å². The number of oxazole rings is 1. The summed E-state index contributed by atoms with van der Waals surface area (Å²) in [5.41, 5.74) is 1.92. The van der Waals surface area contributed by atoms with E-state index in [1.54, 1.807) is 25.2 Å². The third-order valence-corrected chi connectivity index (χ3v) is 3.46. The molecule has 1 atom stereocenters. The Hall–Kier alpha value is -2.37. The van der Waals surface area contributed by atoms with Crippen LogP contribution < -0.4 is 11.1 Å². The summed E-state index contributed by atoms with van der Waals surface area (Å²) in [6.07, 6.45) is 0.820. The Morgan fingerprint density at radius 1 is 1.32 bits per heavy atom. The van der Waals surface area contributed by atoms with Gasteiger partial charge in [0.1, 0.15) is 0 Å². The van der Waals surface area contributed by atoms with E-state index in [1.807, 2.05) is 0 Å². The number of amides is 2. The summed E-state index contributed by atoms with van der Waals surface area (Å²) in [5.74, 6) is -1.32. The van der Waals surface area contributed by atoms with Crippen molar-refractivity contribution in [2.24, 2.45) is 7.05 Å². The molecule has 98 valence electrons. The third-order valence-electron chi connectivity index (χ3n) is 3.46. The van der Waals surface area contributed by atoms with E-state index in [0.717, 1.165) is 5.56 Å². The van der Waals surface area contributed by atoms with Crippen molar-refractivity contribution in [2.75, 3.05) is 0 Å². The number of hydrogen-bond acceptors (Lipinski definition) is 4. The van der Waals surface area contributed by atoms with Crippen molar-refractivity contribution >= 4 is 22.9 Å². The molecule has 0 radical (unpaired) electrons. The maximum atomic E-state index is 11.8. The lowest BCUT2D eigenvalue weighted by Gasteiger charge is -2.20. The summed E-state index contributed by atoms with van der Waals surface area (Å²) in [6.45, 7) is 0. The fraction of sp³-hybridized carbons (Fsp3) is 0.308. The van der Waals surface area contributed by atoms with Gasteiger partial charge in [-0.3, -0.25) is 19.5 Å². The number of fused-ring (bicyclic) bond motifs is 1. The smallest absolute Gasteiger partial charge is 0.408 e.